The molecule has 8 heteroatoms. The molecule has 1 N–H and O–H groups in total. The molecule has 2 heterocycles. The zero-order valence-electron chi connectivity index (χ0n) is 14.9. The van der Waals surface area contributed by atoms with Crippen LogP contribution in [-0.4, -0.2) is 66.0 Å². The highest BCUT2D eigenvalue weighted by molar-refractivity contribution is 5.95. The van der Waals surface area contributed by atoms with Crippen molar-refractivity contribution in [2.24, 2.45) is 0 Å². The fraction of sp³-hybridized carbons (Fsp3) is 0.316. The molecule has 1 aliphatic heterocycles. The minimum atomic E-state index is -1.15. The van der Waals surface area contributed by atoms with Crippen molar-refractivity contribution in [3.63, 3.8) is 0 Å². The maximum atomic E-state index is 12.5. The van der Waals surface area contributed by atoms with E-state index >= 15 is 0 Å². The van der Waals surface area contributed by atoms with E-state index in [4.69, 9.17) is 14.3 Å². The van der Waals surface area contributed by atoms with Gasteiger partial charge in [-0.1, -0.05) is 12.1 Å². The molecule has 0 aliphatic carbocycles. The van der Waals surface area contributed by atoms with Crippen LogP contribution in [0.4, 0.5) is 0 Å². The molecule has 1 aliphatic rings. The van der Waals surface area contributed by atoms with Gasteiger partial charge in [0, 0.05) is 32.2 Å². The Balaban J connectivity index is 1.55. The number of benzene rings is 1. The van der Waals surface area contributed by atoms with Crippen molar-refractivity contribution >= 4 is 17.8 Å². The first kappa shape index (κ1) is 18.5. The second-order valence-corrected chi connectivity index (χ2v) is 6.21. The second-order valence-electron chi connectivity index (χ2n) is 6.21. The third-order valence-corrected chi connectivity index (χ3v) is 4.47. The molecule has 1 aromatic heterocycles. The number of rotatable bonds is 5. The first-order valence-electron chi connectivity index (χ1n) is 8.49. The summed E-state index contributed by atoms with van der Waals surface area (Å²) in [5.41, 5.74) is 0.806. The molecule has 3 rings (SSSR count). The number of carbonyl (C=O) groups is 3. The SMILES string of the molecule is COc1cccc(CC(=O)N2CCN(C(=O)c3cc(C(=O)O)co3)CC2)c1. The van der Waals surface area contributed by atoms with Gasteiger partial charge in [-0.05, 0) is 17.7 Å². The Hall–Kier alpha value is -3.29. The Bertz CT molecular complexity index is 851. The van der Waals surface area contributed by atoms with Gasteiger partial charge in [0.15, 0.2) is 5.76 Å². The zero-order chi connectivity index (χ0) is 19.4. The van der Waals surface area contributed by atoms with E-state index in [2.05, 4.69) is 0 Å². The molecule has 0 atom stereocenters. The number of nitrogens with zero attached hydrogens (tertiary/aromatic N) is 2. The quantitative estimate of drug-likeness (QED) is 0.854. The van der Waals surface area contributed by atoms with Crippen molar-refractivity contribution in [1.29, 1.82) is 0 Å². The minimum absolute atomic E-state index is 0.0106. The topological polar surface area (TPSA) is 100 Å². The smallest absolute Gasteiger partial charge is 0.338 e. The Kier molecular flexibility index (Phi) is 5.44. The Morgan fingerprint density at radius 2 is 1.81 bits per heavy atom. The number of piperazine rings is 1. The minimum Gasteiger partial charge on any atom is -0.497 e. The monoisotopic (exact) mass is 372 g/mol. The summed E-state index contributed by atoms with van der Waals surface area (Å²) in [6.45, 7) is 1.57. The van der Waals surface area contributed by atoms with Crippen LogP contribution in [0.25, 0.3) is 0 Å². The summed E-state index contributed by atoms with van der Waals surface area (Å²) in [4.78, 5) is 39.0. The van der Waals surface area contributed by atoms with E-state index < -0.39 is 5.97 Å². The lowest BCUT2D eigenvalue weighted by molar-refractivity contribution is -0.131. The van der Waals surface area contributed by atoms with Gasteiger partial charge in [-0.3, -0.25) is 9.59 Å². The van der Waals surface area contributed by atoms with Crippen molar-refractivity contribution in [3.8, 4) is 5.75 Å². The number of ether oxygens (including phenoxy) is 1. The largest absolute Gasteiger partial charge is 0.497 e. The summed E-state index contributed by atoms with van der Waals surface area (Å²) in [5.74, 6) is -0.840. The molecule has 0 bridgehead atoms. The number of aromatic carboxylic acids is 1. The van der Waals surface area contributed by atoms with E-state index in [1.807, 2.05) is 24.3 Å². The number of hydrogen-bond acceptors (Lipinski definition) is 5. The van der Waals surface area contributed by atoms with Crippen LogP contribution in [0.3, 0.4) is 0 Å². The second kappa shape index (κ2) is 7.94. The standard InChI is InChI=1S/C19H20N2O6/c1-26-15-4-2-3-13(9-15)10-17(22)20-5-7-21(8-6-20)18(23)16-11-14(12-27-16)19(24)25/h2-4,9,11-12H,5-8,10H2,1H3,(H,24,25). The molecular weight excluding hydrogens is 352 g/mol. The highest BCUT2D eigenvalue weighted by Gasteiger charge is 2.27. The van der Waals surface area contributed by atoms with Gasteiger partial charge in [0.25, 0.3) is 5.91 Å². The third kappa shape index (κ3) is 4.28. The third-order valence-electron chi connectivity index (χ3n) is 4.47. The molecule has 27 heavy (non-hydrogen) atoms. The van der Waals surface area contributed by atoms with Gasteiger partial charge in [0.05, 0.1) is 19.1 Å². The van der Waals surface area contributed by atoms with Crippen LogP contribution in [-0.2, 0) is 11.2 Å². The number of methoxy groups -OCH3 is 1. The van der Waals surface area contributed by atoms with E-state index in [-0.39, 0.29) is 29.6 Å². The van der Waals surface area contributed by atoms with Gasteiger partial charge >= 0.3 is 5.97 Å². The predicted octanol–water partition coefficient (Wildman–Crippen LogP) is 1.51. The molecule has 2 amide bonds. The maximum absolute atomic E-state index is 12.5. The number of carboxylic acids is 1. The average Bonchev–Trinajstić information content (AvgIpc) is 3.18. The zero-order valence-corrected chi connectivity index (χ0v) is 14.9. The molecule has 0 spiro atoms. The molecule has 1 saturated heterocycles. The van der Waals surface area contributed by atoms with Crippen LogP contribution in [0.15, 0.2) is 41.0 Å². The Morgan fingerprint density at radius 1 is 1.11 bits per heavy atom. The van der Waals surface area contributed by atoms with Gasteiger partial charge < -0.3 is 24.1 Å². The summed E-state index contributed by atoms with van der Waals surface area (Å²) < 4.78 is 10.2. The van der Waals surface area contributed by atoms with Gasteiger partial charge in [-0.2, -0.15) is 0 Å². The van der Waals surface area contributed by atoms with Crippen LogP contribution < -0.4 is 4.74 Å². The number of furan rings is 1. The molecule has 0 radical (unpaired) electrons. The number of carboxylic acid groups (broad SMARTS) is 1. The summed E-state index contributed by atoms with van der Waals surface area (Å²) >= 11 is 0. The molecule has 2 aromatic rings. The summed E-state index contributed by atoms with van der Waals surface area (Å²) in [6, 6.07) is 8.58. The molecule has 1 fully saturated rings. The normalized spacial score (nSPS) is 14.1. The fourth-order valence-electron chi connectivity index (χ4n) is 2.94. The summed E-state index contributed by atoms with van der Waals surface area (Å²) in [6.07, 6.45) is 1.31. The van der Waals surface area contributed by atoms with E-state index in [9.17, 15) is 14.4 Å². The van der Waals surface area contributed by atoms with Crippen LogP contribution in [0.1, 0.15) is 26.5 Å². The van der Waals surface area contributed by atoms with Gasteiger partial charge in [0.2, 0.25) is 5.91 Å². The van der Waals surface area contributed by atoms with Crippen molar-refractivity contribution in [3.05, 3.63) is 53.5 Å². The van der Waals surface area contributed by atoms with Crippen LogP contribution >= 0.6 is 0 Å². The van der Waals surface area contributed by atoms with Gasteiger partial charge in [-0.25, -0.2) is 4.79 Å². The highest BCUT2D eigenvalue weighted by Crippen LogP contribution is 2.16. The summed E-state index contributed by atoms with van der Waals surface area (Å²) in [7, 11) is 1.58. The molecule has 1 aromatic carbocycles. The average molecular weight is 372 g/mol. The van der Waals surface area contributed by atoms with Crippen LogP contribution in [0.2, 0.25) is 0 Å². The number of hydrogen-bond donors (Lipinski definition) is 1. The molecule has 0 unspecified atom stereocenters. The first-order chi connectivity index (χ1) is 13.0. The van der Waals surface area contributed by atoms with Gasteiger partial charge in [0.1, 0.15) is 12.0 Å². The number of carbonyl (C=O) groups excluding carboxylic acids is 2. The van der Waals surface area contributed by atoms with E-state index in [0.29, 0.717) is 31.9 Å². The van der Waals surface area contributed by atoms with Gasteiger partial charge in [-0.15, -0.1) is 0 Å². The molecule has 142 valence electrons. The first-order valence-corrected chi connectivity index (χ1v) is 8.49. The molecular formula is C19H20N2O6. The van der Waals surface area contributed by atoms with E-state index in [1.54, 1.807) is 16.9 Å². The Labute approximate surface area is 155 Å². The molecule has 8 nitrogen and oxygen atoms in total. The van der Waals surface area contributed by atoms with Crippen molar-refractivity contribution < 1.29 is 28.6 Å². The van der Waals surface area contributed by atoms with Crippen molar-refractivity contribution in [2.45, 2.75) is 6.42 Å². The molecule has 0 saturated carbocycles. The van der Waals surface area contributed by atoms with Crippen molar-refractivity contribution in [1.82, 2.24) is 9.80 Å². The van der Waals surface area contributed by atoms with Crippen molar-refractivity contribution in [2.75, 3.05) is 33.3 Å². The van der Waals surface area contributed by atoms with E-state index in [0.717, 1.165) is 11.8 Å². The number of amides is 2. The van der Waals surface area contributed by atoms with E-state index in [1.165, 1.54) is 6.07 Å². The highest BCUT2D eigenvalue weighted by atomic mass is 16.5. The van der Waals surface area contributed by atoms with Crippen LogP contribution in [0, 0.1) is 0 Å². The predicted molar refractivity (Wildman–Crippen MR) is 94.8 cm³/mol. The Morgan fingerprint density at radius 3 is 2.44 bits per heavy atom. The summed E-state index contributed by atoms with van der Waals surface area (Å²) in [5, 5.41) is 8.90. The van der Waals surface area contributed by atoms with Crippen LogP contribution in [0.5, 0.6) is 5.75 Å². The lowest BCUT2D eigenvalue weighted by Crippen LogP contribution is -2.50. The fourth-order valence-corrected chi connectivity index (χ4v) is 2.94. The maximum Gasteiger partial charge on any atom is 0.338 e. The lowest BCUT2D eigenvalue weighted by atomic mass is 10.1. The lowest BCUT2D eigenvalue weighted by Gasteiger charge is -2.34.